The number of ether oxygens (including phenoxy) is 1. The molecule has 0 saturated heterocycles. The molecule has 5 heteroatoms. The minimum absolute atomic E-state index is 0.0502. The zero-order valence-corrected chi connectivity index (χ0v) is 13.3. The summed E-state index contributed by atoms with van der Waals surface area (Å²) in [6, 6.07) is 5.53. The van der Waals surface area contributed by atoms with Crippen molar-refractivity contribution in [3.05, 3.63) is 22.7 Å². The average Bonchev–Trinajstić information content (AvgIpc) is 2.39. The van der Waals surface area contributed by atoms with Gasteiger partial charge in [-0.15, -0.1) is 0 Å². The number of anilines is 1. The van der Waals surface area contributed by atoms with Gasteiger partial charge in [0.1, 0.15) is 5.75 Å². The summed E-state index contributed by atoms with van der Waals surface area (Å²) in [5.74, 6) is 0.599. The van der Waals surface area contributed by atoms with Gasteiger partial charge < -0.3 is 15.8 Å². The highest BCUT2D eigenvalue weighted by Gasteiger charge is 2.30. The van der Waals surface area contributed by atoms with E-state index in [4.69, 9.17) is 10.5 Å². The van der Waals surface area contributed by atoms with E-state index in [1.54, 1.807) is 7.11 Å². The van der Waals surface area contributed by atoms with Gasteiger partial charge in [0.25, 0.3) is 0 Å². The van der Waals surface area contributed by atoms with Crippen LogP contribution in [0.3, 0.4) is 0 Å². The summed E-state index contributed by atoms with van der Waals surface area (Å²) in [4.78, 5) is 12.2. The number of benzene rings is 1. The number of hydrogen-bond acceptors (Lipinski definition) is 3. The molecular formula is C15H21BrN2O2. The fourth-order valence-electron chi connectivity index (χ4n) is 2.72. The first-order valence-corrected chi connectivity index (χ1v) is 7.74. The molecule has 110 valence electrons. The molecule has 1 aliphatic carbocycles. The van der Waals surface area contributed by atoms with Gasteiger partial charge in [-0.1, -0.05) is 35.2 Å². The molecule has 1 fully saturated rings. The molecule has 0 spiro atoms. The highest BCUT2D eigenvalue weighted by molar-refractivity contribution is 9.10. The molecule has 20 heavy (non-hydrogen) atoms. The number of nitrogens with one attached hydrogen (secondary N) is 1. The van der Waals surface area contributed by atoms with Gasteiger partial charge in [-0.05, 0) is 31.0 Å². The molecule has 0 aromatic heterocycles. The van der Waals surface area contributed by atoms with Crippen LogP contribution in [-0.4, -0.2) is 18.6 Å². The topological polar surface area (TPSA) is 64.3 Å². The number of hydrogen-bond donors (Lipinski definition) is 2. The molecule has 0 atom stereocenters. The second-order valence-electron chi connectivity index (χ2n) is 5.49. The van der Waals surface area contributed by atoms with Crippen molar-refractivity contribution >= 4 is 27.5 Å². The SMILES string of the molecule is COc1ccc(Br)cc1NC(=O)CC1(N)CCCCC1. The summed E-state index contributed by atoms with van der Waals surface area (Å²) in [6.07, 6.45) is 5.67. The summed E-state index contributed by atoms with van der Waals surface area (Å²) < 4.78 is 6.15. The van der Waals surface area contributed by atoms with E-state index >= 15 is 0 Å². The Balaban J connectivity index is 2.02. The minimum atomic E-state index is -0.346. The highest BCUT2D eigenvalue weighted by atomic mass is 79.9. The molecule has 1 amide bonds. The Labute approximate surface area is 128 Å². The van der Waals surface area contributed by atoms with Crippen molar-refractivity contribution < 1.29 is 9.53 Å². The van der Waals surface area contributed by atoms with Crippen LogP contribution in [0.4, 0.5) is 5.69 Å². The van der Waals surface area contributed by atoms with Crippen LogP contribution >= 0.6 is 15.9 Å². The molecule has 2 rings (SSSR count). The van der Waals surface area contributed by atoms with Crippen LogP contribution in [0.25, 0.3) is 0 Å². The zero-order valence-electron chi connectivity index (χ0n) is 11.7. The van der Waals surface area contributed by atoms with Crippen molar-refractivity contribution in [2.75, 3.05) is 12.4 Å². The number of nitrogens with two attached hydrogens (primary N) is 1. The lowest BCUT2D eigenvalue weighted by molar-refractivity contribution is -0.117. The third-order valence-corrected chi connectivity index (χ3v) is 4.29. The van der Waals surface area contributed by atoms with Gasteiger partial charge in [0.05, 0.1) is 12.8 Å². The molecular weight excluding hydrogens is 320 g/mol. The van der Waals surface area contributed by atoms with E-state index in [2.05, 4.69) is 21.2 Å². The number of methoxy groups -OCH3 is 1. The lowest BCUT2D eigenvalue weighted by Crippen LogP contribution is -2.44. The summed E-state index contributed by atoms with van der Waals surface area (Å²) in [5, 5.41) is 2.90. The monoisotopic (exact) mass is 340 g/mol. The largest absolute Gasteiger partial charge is 0.495 e. The van der Waals surface area contributed by atoms with Gasteiger partial charge in [-0.3, -0.25) is 4.79 Å². The van der Waals surface area contributed by atoms with Crippen molar-refractivity contribution in [1.82, 2.24) is 0 Å². The fraction of sp³-hybridized carbons (Fsp3) is 0.533. The van der Waals surface area contributed by atoms with Gasteiger partial charge in [0.2, 0.25) is 5.91 Å². The smallest absolute Gasteiger partial charge is 0.226 e. The van der Waals surface area contributed by atoms with E-state index in [9.17, 15) is 4.79 Å². The van der Waals surface area contributed by atoms with Crippen LogP contribution in [0.5, 0.6) is 5.75 Å². The Morgan fingerprint density at radius 2 is 2.10 bits per heavy atom. The summed E-state index contributed by atoms with van der Waals surface area (Å²) in [5.41, 5.74) is 6.64. The van der Waals surface area contributed by atoms with E-state index < -0.39 is 0 Å². The van der Waals surface area contributed by atoms with Crippen LogP contribution < -0.4 is 15.8 Å². The van der Waals surface area contributed by atoms with E-state index in [1.165, 1.54) is 6.42 Å². The zero-order chi connectivity index (χ0) is 14.6. The first-order valence-electron chi connectivity index (χ1n) is 6.95. The Morgan fingerprint density at radius 3 is 2.75 bits per heavy atom. The van der Waals surface area contributed by atoms with Gasteiger partial charge >= 0.3 is 0 Å². The second-order valence-corrected chi connectivity index (χ2v) is 6.41. The van der Waals surface area contributed by atoms with E-state index in [0.29, 0.717) is 17.9 Å². The van der Waals surface area contributed by atoms with Crippen molar-refractivity contribution in [2.24, 2.45) is 5.73 Å². The average molecular weight is 341 g/mol. The summed E-state index contributed by atoms with van der Waals surface area (Å²) in [7, 11) is 1.59. The lowest BCUT2D eigenvalue weighted by Gasteiger charge is -2.32. The number of carbonyl (C=O) groups excluding carboxylic acids is 1. The standard InChI is InChI=1S/C15H21BrN2O2/c1-20-13-6-5-11(16)9-12(13)18-14(19)10-15(17)7-3-2-4-8-15/h5-6,9H,2-4,7-8,10,17H2,1H3,(H,18,19). The molecule has 3 N–H and O–H groups in total. The predicted molar refractivity (Wildman–Crippen MR) is 83.9 cm³/mol. The Bertz CT molecular complexity index is 485. The Hall–Kier alpha value is -1.07. The summed E-state index contributed by atoms with van der Waals surface area (Å²) >= 11 is 3.39. The first kappa shape index (κ1) is 15.3. The molecule has 0 bridgehead atoms. The van der Waals surface area contributed by atoms with E-state index in [0.717, 1.165) is 30.2 Å². The Kier molecular flexibility index (Phi) is 5.05. The Morgan fingerprint density at radius 1 is 1.40 bits per heavy atom. The number of rotatable bonds is 4. The maximum atomic E-state index is 12.2. The van der Waals surface area contributed by atoms with Crippen LogP contribution in [0.1, 0.15) is 38.5 Å². The maximum Gasteiger partial charge on any atom is 0.226 e. The van der Waals surface area contributed by atoms with Gasteiger partial charge in [0, 0.05) is 16.4 Å². The van der Waals surface area contributed by atoms with E-state index in [-0.39, 0.29) is 11.4 Å². The van der Waals surface area contributed by atoms with Crippen molar-refractivity contribution in [3.8, 4) is 5.75 Å². The van der Waals surface area contributed by atoms with Crippen LogP contribution in [0.15, 0.2) is 22.7 Å². The van der Waals surface area contributed by atoms with Crippen molar-refractivity contribution in [3.63, 3.8) is 0 Å². The molecule has 1 saturated carbocycles. The van der Waals surface area contributed by atoms with Crippen LogP contribution in [-0.2, 0) is 4.79 Å². The molecule has 4 nitrogen and oxygen atoms in total. The molecule has 1 aromatic rings. The fourth-order valence-corrected chi connectivity index (χ4v) is 3.09. The van der Waals surface area contributed by atoms with Gasteiger partial charge in [-0.25, -0.2) is 0 Å². The third kappa shape index (κ3) is 3.96. The number of halogens is 1. The third-order valence-electron chi connectivity index (χ3n) is 3.80. The van der Waals surface area contributed by atoms with E-state index in [1.807, 2.05) is 18.2 Å². The molecule has 1 aromatic carbocycles. The minimum Gasteiger partial charge on any atom is -0.495 e. The number of carbonyl (C=O) groups is 1. The molecule has 0 aliphatic heterocycles. The molecule has 1 aliphatic rings. The predicted octanol–water partition coefficient (Wildman–Crippen LogP) is 3.45. The van der Waals surface area contributed by atoms with Gasteiger partial charge in [-0.2, -0.15) is 0 Å². The quantitative estimate of drug-likeness (QED) is 0.882. The second kappa shape index (κ2) is 6.59. The maximum absolute atomic E-state index is 12.2. The molecule has 0 radical (unpaired) electrons. The van der Waals surface area contributed by atoms with Crippen molar-refractivity contribution in [1.29, 1.82) is 0 Å². The summed E-state index contributed by atoms with van der Waals surface area (Å²) in [6.45, 7) is 0. The number of amides is 1. The first-order chi connectivity index (χ1) is 9.52. The van der Waals surface area contributed by atoms with Crippen LogP contribution in [0.2, 0.25) is 0 Å². The lowest BCUT2D eigenvalue weighted by atomic mass is 9.80. The van der Waals surface area contributed by atoms with Crippen LogP contribution in [0, 0.1) is 0 Å². The normalized spacial score (nSPS) is 17.6. The van der Waals surface area contributed by atoms with Gasteiger partial charge in [0.15, 0.2) is 0 Å². The molecule has 0 unspecified atom stereocenters. The van der Waals surface area contributed by atoms with Crippen molar-refractivity contribution in [2.45, 2.75) is 44.1 Å². The molecule has 0 heterocycles. The highest BCUT2D eigenvalue weighted by Crippen LogP contribution is 2.31.